The van der Waals surface area contributed by atoms with Gasteiger partial charge in [-0.25, -0.2) is 0 Å². The lowest BCUT2D eigenvalue weighted by Gasteiger charge is -2.21. The van der Waals surface area contributed by atoms with E-state index in [4.69, 9.17) is 23.7 Å². The molecule has 180 valence electrons. The maximum Gasteiger partial charge on any atom is 0.224 e. The molecule has 34 heavy (non-hydrogen) atoms. The van der Waals surface area contributed by atoms with Crippen molar-refractivity contribution in [3.63, 3.8) is 0 Å². The number of hydrogen-bond acceptors (Lipinski definition) is 6. The van der Waals surface area contributed by atoms with Gasteiger partial charge in [-0.3, -0.25) is 4.79 Å². The van der Waals surface area contributed by atoms with Gasteiger partial charge in [-0.15, -0.1) is 0 Å². The monoisotopic (exact) mass is 465 g/mol. The first-order chi connectivity index (χ1) is 16.5. The Balaban J connectivity index is 1.85. The Morgan fingerprint density at radius 2 is 1.29 bits per heavy atom. The van der Waals surface area contributed by atoms with Crippen LogP contribution < -0.4 is 29.0 Å². The number of rotatable bonds is 11. The number of amides is 1. The highest BCUT2D eigenvalue weighted by Crippen LogP contribution is 2.39. The van der Waals surface area contributed by atoms with E-state index < -0.39 is 0 Å². The highest BCUT2D eigenvalue weighted by Gasteiger charge is 2.19. The summed E-state index contributed by atoms with van der Waals surface area (Å²) in [5.74, 6) is 2.78. The largest absolute Gasteiger partial charge is 0.493 e. The van der Waals surface area contributed by atoms with Crippen molar-refractivity contribution in [2.24, 2.45) is 0 Å². The highest BCUT2D eigenvalue weighted by molar-refractivity contribution is 5.79. The molecule has 0 saturated heterocycles. The van der Waals surface area contributed by atoms with E-state index in [1.165, 1.54) is 0 Å². The standard InChI is InChI=1S/C27H31NO6/c1-30-22-12-11-18(14-23(22)31-2)17-26(29)28-21(20-9-7-6-8-10-20)13-19-15-24(32-3)27(34-5)25(16-19)33-4/h6-12,14-16,21H,13,17H2,1-5H3,(H,28,29). The number of methoxy groups -OCH3 is 5. The summed E-state index contributed by atoms with van der Waals surface area (Å²) in [7, 11) is 7.89. The van der Waals surface area contributed by atoms with Crippen molar-refractivity contribution < 1.29 is 28.5 Å². The molecule has 0 radical (unpaired) electrons. The van der Waals surface area contributed by atoms with Crippen molar-refractivity contribution in [3.8, 4) is 28.7 Å². The maximum atomic E-state index is 13.0. The third-order valence-electron chi connectivity index (χ3n) is 5.51. The summed E-state index contributed by atoms with van der Waals surface area (Å²) >= 11 is 0. The highest BCUT2D eigenvalue weighted by atomic mass is 16.5. The normalized spacial score (nSPS) is 11.3. The lowest BCUT2D eigenvalue weighted by Crippen LogP contribution is -2.31. The smallest absolute Gasteiger partial charge is 0.224 e. The number of hydrogen-bond donors (Lipinski definition) is 1. The number of carbonyl (C=O) groups excluding carboxylic acids is 1. The van der Waals surface area contributed by atoms with E-state index in [0.717, 1.165) is 16.7 Å². The maximum absolute atomic E-state index is 13.0. The molecule has 0 aliphatic rings. The second-order valence-corrected chi connectivity index (χ2v) is 7.63. The molecule has 1 amide bonds. The third kappa shape index (κ3) is 5.92. The summed E-state index contributed by atoms with van der Waals surface area (Å²) in [6, 6.07) is 18.9. The van der Waals surface area contributed by atoms with Gasteiger partial charge < -0.3 is 29.0 Å². The fourth-order valence-corrected chi connectivity index (χ4v) is 3.85. The molecule has 1 N–H and O–H groups in total. The molecule has 7 nitrogen and oxygen atoms in total. The van der Waals surface area contributed by atoms with Gasteiger partial charge in [0.15, 0.2) is 23.0 Å². The van der Waals surface area contributed by atoms with Gasteiger partial charge in [0, 0.05) is 0 Å². The predicted octanol–water partition coefficient (Wildman–Crippen LogP) is 4.37. The fraction of sp³-hybridized carbons (Fsp3) is 0.296. The molecule has 0 aliphatic carbocycles. The lowest BCUT2D eigenvalue weighted by molar-refractivity contribution is -0.121. The van der Waals surface area contributed by atoms with Crippen LogP contribution in [0.15, 0.2) is 60.7 Å². The van der Waals surface area contributed by atoms with Gasteiger partial charge in [0.2, 0.25) is 11.7 Å². The van der Waals surface area contributed by atoms with Gasteiger partial charge in [-0.1, -0.05) is 36.4 Å². The van der Waals surface area contributed by atoms with E-state index in [-0.39, 0.29) is 18.4 Å². The molecule has 3 rings (SSSR count). The summed E-state index contributed by atoms with van der Waals surface area (Å²) < 4.78 is 27.1. The zero-order valence-electron chi connectivity index (χ0n) is 20.2. The molecule has 1 atom stereocenters. The summed E-state index contributed by atoms with van der Waals surface area (Å²) in [6.45, 7) is 0. The summed E-state index contributed by atoms with van der Waals surface area (Å²) in [4.78, 5) is 13.0. The Labute approximate surface area is 200 Å². The van der Waals surface area contributed by atoms with Gasteiger partial charge >= 0.3 is 0 Å². The molecule has 0 aromatic heterocycles. The van der Waals surface area contributed by atoms with Crippen LogP contribution in [0.25, 0.3) is 0 Å². The van der Waals surface area contributed by atoms with Crippen molar-refractivity contribution in [1.82, 2.24) is 5.32 Å². The fourth-order valence-electron chi connectivity index (χ4n) is 3.85. The molecule has 0 bridgehead atoms. The van der Waals surface area contributed by atoms with Crippen molar-refractivity contribution in [1.29, 1.82) is 0 Å². The molecular weight excluding hydrogens is 434 g/mol. The van der Waals surface area contributed by atoms with Gasteiger partial charge in [-0.2, -0.15) is 0 Å². The first kappa shape index (κ1) is 24.8. The predicted molar refractivity (Wildman–Crippen MR) is 130 cm³/mol. The van der Waals surface area contributed by atoms with Crippen LogP contribution in [-0.2, 0) is 17.6 Å². The Morgan fingerprint density at radius 1 is 0.706 bits per heavy atom. The minimum Gasteiger partial charge on any atom is -0.493 e. The minimum atomic E-state index is -0.253. The molecule has 0 saturated carbocycles. The molecule has 7 heteroatoms. The van der Waals surface area contributed by atoms with E-state index in [0.29, 0.717) is 35.2 Å². The van der Waals surface area contributed by atoms with Gasteiger partial charge in [0.05, 0.1) is 48.0 Å². The Morgan fingerprint density at radius 3 is 1.85 bits per heavy atom. The van der Waals surface area contributed by atoms with Crippen molar-refractivity contribution in [3.05, 3.63) is 77.4 Å². The number of nitrogens with one attached hydrogen (secondary N) is 1. The summed E-state index contributed by atoms with van der Waals surface area (Å²) in [5.41, 5.74) is 2.77. The van der Waals surface area contributed by atoms with Crippen LogP contribution in [0.5, 0.6) is 28.7 Å². The average Bonchev–Trinajstić information content (AvgIpc) is 2.87. The average molecular weight is 466 g/mol. The van der Waals surface area contributed by atoms with Crippen LogP contribution in [0, 0.1) is 0 Å². The van der Waals surface area contributed by atoms with Crippen LogP contribution in [0.4, 0.5) is 0 Å². The minimum absolute atomic E-state index is 0.103. The van der Waals surface area contributed by atoms with Crippen molar-refractivity contribution in [2.45, 2.75) is 18.9 Å². The SMILES string of the molecule is COc1ccc(CC(=O)NC(Cc2cc(OC)c(OC)c(OC)c2)c2ccccc2)cc1OC. The van der Waals surface area contributed by atoms with Crippen LogP contribution in [-0.4, -0.2) is 41.5 Å². The van der Waals surface area contributed by atoms with Gasteiger partial charge in [-0.05, 0) is 47.4 Å². The van der Waals surface area contributed by atoms with E-state index >= 15 is 0 Å². The first-order valence-corrected chi connectivity index (χ1v) is 10.9. The zero-order chi connectivity index (χ0) is 24.5. The second-order valence-electron chi connectivity index (χ2n) is 7.63. The number of benzene rings is 3. The van der Waals surface area contributed by atoms with Crippen molar-refractivity contribution in [2.75, 3.05) is 35.5 Å². The third-order valence-corrected chi connectivity index (χ3v) is 5.51. The first-order valence-electron chi connectivity index (χ1n) is 10.9. The molecule has 3 aromatic carbocycles. The van der Waals surface area contributed by atoms with Gasteiger partial charge in [0.1, 0.15) is 0 Å². The quantitative estimate of drug-likeness (QED) is 0.453. The molecule has 0 heterocycles. The van der Waals surface area contributed by atoms with E-state index in [1.54, 1.807) is 41.6 Å². The van der Waals surface area contributed by atoms with Crippen LogP contribution in [0.2, 0.25) is 0 Å². The Hall–Kier alpha value is -3.87. The summed E-state index contributed by atoms with van der Waals surface area (Å²) in [5, 5.41) is 3.18. The van der Waals surface area contributed by atoms with E-state index in [2.05, 4.69) is 5.32 Å². The molecular formula is C27H31NO6. The Bertz CT molecular complexity index is 1070. The Kier molecular flexibility index (Phi) is 8.62. The number of carbonyl (C=O) groups is 1. The molecule has 0 fully saturated rings. The number of ether oxygens (including phenoxy) is 5. The van der Waals surface area contributed by atoms with Crippen LogP contribution in [0.1, 0.15) is 22.7 Å². The van der Waals surface area contributed by atoms with Gasteiger partial charge in [0.25, 0.3) is 0 Å². The van der Waals surface area contributed by atoms with E-state index in [1.807, 2.05) is 54.6 Å². The van der Waals surface area contributed by atoms with Crippen LogP contribution >= 0.6 is 0 Å². The summed E-state index contributed by atoms with van der Waals surface area (Å²) in [6.07, 6.45) is 0.747. The topological polar surface area (TPSA) is 75.3 Å². The molecule has 0 spiro atoms. The molecule has 0 aliphatic heterocycles. The lowest BCUT2D eigenvalue weighted by atomic mass is 9.97. The molecule has 1 unspecified atom stereocenters. The van der Waals surface area contributed by atoms with E-state index in [9.17, 15) is 4.79 Å². The van der Waals surface area contributed by atoms with Crippen molar-refractivity contribution >= 4 is 5.91 Å². The second kappa shape index (κ2) is 11.8. The zero-order valence-corrected chi connectivity index (χ0v) is 20.2. The molecule has 3 aromatic rings. The van der Waals surface area contributed by atoms with Crippen LogP contribution in [0.3, 0.4) is 0 Å².